The molecular formula is C11H19ClN2O2S. The topological polar surface area (TPSA) is 58.2 Å². The molecule has 0 aliphatic heterocycles. The van der Waals surface area contributed by atoms with Crippen LogP contribution in [-0.4, -0.2) is 27.5 Å². The molecule has 0 unspecified atom stereocenters. The molecule has 0 saturated heterocycles. The highest BCUT2D eigenvalue weighted by Crippen LogP contribution is 2.06. The third kappa shape index (κ3) is 5.50. The van der Waals surface area contributed by atoms with Crippen molar-refractivity contribution in [2.24, 2.45) is 0 Å². The average Bonchev–Trinajstić information content (AvgIpc) is 2.28. The lowest BCUT2D eigenvalue weighted by molar-refractivity contribution is 0.536. The fourth-order valence-corrected chi connectivity index (χ4v) is 2.49. The molecule has 1 rings (SSSR count). The Morgan fingerprint density at radius 3 is 2.35 bits per heavy atom. The zero-order valence-electron chi connectivity index (χ0n) is 10.0. The summed E-state index contributed by atoms with van der Waals surface area (Å²) in [5, 5.41) is 3.14. The molecule has 0 aliphatic rings. The van der Waals surface area contributed by atoms with E-state index in [4.69, 9.17) is 0 Å². The molecule has 1 aromatic carbocycles. The van der Waals surface area contributed by atoms with Gasteiger partial charge in [-0.15, -0.1) is 12.4 Å². The minimum Gasteiger partial charge on any atom is -0.313 e. The van der Waals surface area contributed by atoms with Crippen LogP contribution in [0.25, 0.3) is 0 Å². The van der Waals surface area contributed by atoms with Crippen LogP contribution in [0.5, 0.6) is 0 Å². The van der Waals surface area contributed by atoms with E-state index >= 15 is 0 Å². The second-order valence-corrected chi connectivity index (χ2v) is 5.39. The number of likely N-dealkylation sites (N-methyl/N-ethyl adjacent to an activating group) is 1. The summed E-state index contributed by atoms with van der Waals surface area (Å²) < 4.78 is 26.2. The van der Waals surface area contributed by atoms with Crippen LogP contribution in [0.15, 0.2) is 35.2 Å². The zero-order chi connectivity index (χ0) is 12.0. The van der Waals surface area contributed by atoms with E-state index in [1.54, 1.807) is 30.3 Å². The number of rotatable bonds is 6. The standard InChI is InChI=1S/C11H18N2O2S.ClH/c1-3-12-10(2)9-13-16(14,15)11-7-5-4-6-8-11;/h4-8,10,12-13H,3,9H2,1-2H3;1H/t10-;/m1./s1. The fraction of sp³-hybridized carbons (Fsp3) is 0.455. The van der Waals surface area contributed by atoms with Crippen molar-refractivity contribution in [1.82, 2.24) is 10.0 Å². The van der Waals surface area contributed by atoms with E-state index in [1.165, 1.54) is 0 Å². The average molecular weight is 279 g/mol. The first kappa shape index (κ1) is 16.4. The minimum absolute atomic E-state index is 0. The Labute approximate surface area is 109 Å². The van der Waals surface area contributed by atoms with E-state index < -0.39 is 10.0 Å². The normalized spacial score (nSPS) is 12.8. The van der Waals surface area contributed by atoms with Gasteiger partial charge in [-0.2, -0.15) is 0 Å². The van der Waals surface area contributed by atoms with Gasteiger partial charge in [-0.25, -0.2) is 13.1 Å². The monoisotopic (exact) mass is 278 g/mol. The van der Waals surface area contributed by atoms with Gasteiger partial charge >= 0.3 is 0 Å². The second-order valence-electron chi connectivity index (χ2n) is 3.62. The molecule has 0 saturated carbocycles. The van der Waals surface area contributed by atoms with Crippen LogP contribution in [-0.2, 0) is 10.0 Å². The van der Waals surface area contributed by atoms with Crippen molar-refractivity contribution in [1.29, 1.82) is 0 Å². The molecule has 1 atom stereocenters. The van der Waals surface area contributed by atoms with Gasteiger partial charge in [0.25, 0.3) is 0 Å². The number of halogens is 1. The van der Waals surface area contributed by atoms with Crippen LogP contribution in [0.3, 0.4) is 0 Å². The van der Waals surface area contributed by atoms with Crippen molar-refractivity contribution in [2.45, 2.75) is 24.8 Å². The Bertz CT molecular complexity index is 409. The van der Waals surface area contributed by atoms with Gasteiger partial charge in [0.2, 0.25) is 10.0 Å². The van der Waals surface area contributed by atoms with Gasteiger partial charge in [0.1, 0.15) is 0 Å². The molecule has 17 heavy (non-hydrogen) atoms. The first-order chi connectivity index (χ1) is 7.56. The van der Waals surface area contributed by atoms with Gasteiger partial charge in [-0.05, 0) is 25.6 Å². The molecule has 0 spiro atoms. The maximum atomic E-state index is 11.8. The molecule has 98 valence electrons. The zero-order valence-corrected chi connectivity index (χ0v) is 11.6. The Hall–Kier alpha value is -0.620. The summed E-state index contributed by atoms with van der Waals surface area (Å²) in [4.78, 5) is 0.304. The maximum Gasteiger partial charge on any atom is 0.240 e. The van der Waals surface area contributed by atoms with Gasteiger partial charge in [0.05, 0.1) is 4.90 Å². The maximum absolute atomic E-state index is 11.8. The fourth-order valence-electron chi connectivity index (χ4n) is 1.34. The number of sulfonamides is 1. The van der Waals surface area contributed by atoms with Crippen LogP contribution in [0.1, 0.15) is 13.8 Å². The molecule has 0 aliphatic carbocycles. The predicted octanol–water partition coefficient (Wildman–Crippen LogP) is 1.38. The second kappa shape index (κ2) is 7.66. The highest BCUT2D eigenvalue weighted by Gasteiger charge is 2.13. The molecule has 0 aromatic heterocycles. The van der Waals surface area contributed by atoms with Gasteiger partial charge in [0.15, 0.2) is 0 Å². The van der Waals surface area contributed by atoms with E-state index in [0.29, 0.717) is 11.4 Å². The molecule has 0 fully saturated rings. The number of hydrogen-bond acceptors (Lipinski definition) is 3. The Balaban J connectivity index is 0.00000256. The summed E-state index contributed by atoms with van der Waals surface area (Å²) in [5.74, 6) is 0. The molecule has 6 heteroatoms. The van der Waals surface area contributed by atoms with E-state index in [9.17, 15) is 8.42 Å². The van der Waals surface area contributed by atoms with E-state index in [2.05, 4.69) is 10.0 Å². The summed E-state index contributed by atoms with van der Waals surface area (Å²) in [6, 6.07) is 8.51. The van der Waals surface area contributed by atoms with E-state index in [1.807, 2.05) is 13.8 Å². The highest BCUT2D eigenvalue weighted by molar-refractivity contribution is 7.89. The summed E-state index contributed by atoms with van der Waals surface area (Å²) in [5.41, 5.74) is 0. The molecule has 2 N–H and O–H groups in total. The SMILES string of the molecule is CCN[C@H](C)CNS(=O)(=O)c1ccccc1.Cl. The van der Waals surface area contributed by atoms with Crippen molar-refractivity contribution >= 4 is 22.4 Å². The lowest BCUT2D eigenvalue weighted by atomic mass is 10.3. The molecular weight excluding hydrogens is 260 g/mol. The molecule has 0 bridgehead atoms. The van der Waals surface area contributed by atoms with Crippen LogP contribution in [0.2, 0.25) is 0 Å². The van der Waals surface area contributed by atoms with Crippen molar-refractivity contribution in [3.8, 4) is 0 Å². The number of hydrogen-bond donors (Lipinski definition) is 2. The summed E-state index contributed by atoms with van der Waals surface area (Å²) in [6.07, 6.45) is 0. The Morgan fingerprint density at radius 2 is 1.82 bits per heavy atom. The van der Waals surface area contributed by atoms with Gasteiger partial charge in [-0.1, -0.05) is 25.1 Å². The quantitative estimate of drug-likeness (QED) is 0.827. The molecule has 4 nitrogen and oxygen atoms in total. The van der Waals surface area contributed by atoms with Crippen LogP contribution < -0.4 is 10.0 Å². The van der Waals surface area contributed by atoms with Crippen LogP contribution in [0, 0.1) is 0 Å². The highest BCUT2D eigenvalue weighted by atomic mass is 35.5. The molecule has 0 radical (unpaired) electrons. The van der Waals surface area contributed by atoms with Crippen molar-refractivity contribution in [3.05, 3.63) is 30.3 Å². The first-order valence-electron chi connectivity index (χ1n) is 5.34. The van der Waals surface area contributed by atoms with Gasteiger partial charge < -0.3 is 5.32 Å². The van der Waals surface area contributed by atoms with Crippen LogP contribution >= 0.6 is 12.4 Å². The summed E-state index contributed by atoms with van der Waals surface area (Å²) >= 11 is 0. The third-order valence-electron chi connectivity index (χ3n) is 2.19. The Kier molecular flexibility index (Phi) is 7.38. The van der Waals surface area contributed by atoms with Crippen LogP contribution in [0.4, 0.5) is 0 Å². The van der Waals surface area contributed by atoms with Gasteiger partial charge in [-0.3, -0.25) is 0 Å². The van der Waals surface area contributed by atoms with Crippen molar-refractivity contribution < 1.29 is 8.42 Å². The van der Waals surface area contributed by atoms with E-state index in [-0.39, 0.29) is 18.4 Å². The Morgan fingerprint density at radius 1 is 1.24 bits per heavy atom. The summed E-state index contributed by atoms with van der Waals surface area (Å²) in [7, 11) is -3.36. The first-order valence-corrected chi connectivity index (χ1v) is 6.82. The van der Waals surface area contributed by atoms with E-state index in [0.717, 1.165) is 6.54 Å². The molecule has 1 aromatic rings. The number of benzene rings is 1. The molecule has 0 heterocycles. The largest absolute Gasteiger partial charge is 0.313 e. The third-order valence-corrected chi connectivity index (χ3v) is 3.63. The lowest BCUT2D eigenvalue weighted by Gasteiger charge is -2.13. The smallest absolute Gasteiger partial charge is 0.240 e. The van der Waals surface area contributed by atoms with Crippen molar-refractivity contribution in [2.75, 3.05) is 13.1 Å². The van der Waals surface area contributed by atoms with Crippen molar-refractivity contribution in [3.63, 3.8) is 0 Å². The van der Waals surface area contributed by atoms with Gasteiger partial charge in [0, 0.05) is 12.6 Å². The minimum atomic E-state index is -3.36. The number of nitrogens with one attached hydrogen (secondary N) is 2. The predicted molar refractivity (Wildman–Crippen MR) is 72.0 cm³/mol. The lowest BCUT2D eigenvalue weighted by Crippen LogP contribution is -2.38. The molecule has 0 amide bonds. The summed E-state index contributed by atoms with van der Waals surface area (Å²) in [6.45, 7) is 5.15.